The van der Waals surface area contributed by atoms with Gasteiger partial charge in [0.1, 0.15) is 10.4 Å². The van der Waals surface area contributed by atoms with Crippen LogP contribution in [0.5, 0.6) is 0 Å². The minimum atomic E-state index is -0.143. The van der Waals surface area contributed by atoms with E-state index in [2.05, 4.69) is 50.6 Å². The molecule has 94 valence electrons. The summed E-state index contributed by atoms with van der Waals surface area (Å²) in [5.74, 6) is 0.562. The van der Waals surface area contributed by atoms with Crippen molar-refractivity contribution in [2.75, 3.05) is 5.32 Å². The molecule has 0 unspecified atom stereocenters. The fraction of sp³-hybridized carbons (Fsp3) is 0.385. The zero-order chi connectivity index (χ0) is 12.8. The predicted octanol–water partition coefficient (Wildman–Crippen LogP) is 2.09. The molecule has 1 aromatic heterocycles. The molecule has 2 aliphatic rings. The second-order valence-corrected chi connectivity index (χ2v) is 5.91. The van der Waals surface area contributed by atoms with Gasteiger partial charge >= 0.3 is 0 Å². The number of anilines is 1. The SMILES string of the molecule is C[C@]12C=C[C@H]1N[C@H](C(=O)Nc1cccc(Br)n1)C2. The van der Waals surface area contributed by atoms with Crippen LogP contribution in [-0.2, 0) is 4.79 Å². The first-order valence-electron chi connectivity index (χ1n) is 5.96. The van der Waals surface area contributed by atoms with Gasteiger partial charge < -0.3 is 5.32 Å². The largest absolute Gasteiger partial charge is 0.309 e. The van der Waals surface area contributed by atoms with Crippen molar-refractivity contribution in [2.45, 2.75) is 25.4 Å². The molecule has 0 aromatic carbocycles. The standard InChI is InChI=1S/C13H14BrN3O/c1-13-6-5-9(13)15-8(7-13)12(18)17-11-4-2-3-10(14)16-11/h2-6,8-9,15H,7H2,1H3,(H,16,17,18)/t8-,9+,13+/m0/s1. The lowest BCUT2D eigenvalue weighted by Gasteiger charge is -2.33. The second kappa shape index (κ2) is 4.17. The lowest BCUT2D eigenvalue weighted by molar-refractivity contribution is -0.117. The zero-order valence-electron chi connectivity index (χ0n) is 9.98. The topological polar surface area (TPSA) is 54.0 Å². The summed E-state index contributed by atoms with van der Waals surface area (Å²) in [6.07, 6.45) is 5.13. The van der Waals surface area contributed by atoms with Crippen LogP contribution in [0.15, 0.2) is 35.0 Å². The normalized spacial score (nSPS) is 32.8. The summed E-state index contributed by atoms with van der Waals surface area (Å²) >= 11 is 3.29. The molecule has 1 amide bonds. The predicted molar refractivity (Wildman–Crippen MR) is 73.1 cm³/mol. The van der Waals surface area contributed by atoms with Gasteiger partial charge in [-0.15, -0.1) is 0 Å². The highest BCUT2D eigenvalue weighted by molar-refractivity contribution is 9.10. The van der Waals surface area contributed by atoms with Crippen molar-refractivity contribution < 1.29 is 4.79 Å². The Balaban J connectivity index is 1.66. The first-order chi connectivity index (χ1) is 8.57. The smallest absolute Gasteiger partial charge is 0.242 e. The Morgan fingerprint density at radius 2 is 2.44 bits per heavy atom. The third kappa shape index (κ3) is 1.97. The first-order valence-corrected chi connectivity index (χ1v) is 6.75. The Hall–Kier alpha value is -1.20. The van der Waals surface area contributed by atoms with Gasteiger partial charge in [-0.1, -0.05) is 25.1 Å². The third-order valence-corrected chi connectivity index (χ3v) is 4.13. The molecule has 18 heavy (non-hydrogen) atoms. The minimum absolute atomic E-state index is 0.0157. The van der Waals surface area contributed by atoms with Crippen LogP contribution in [0, 0.1) is 5.41 Å². The van der Waals surface area contributed by atoms with Crippen molar-refractivity contribution in [3.8, 4) is 0 Å². The summed E-state index contributed by atoms with van der Waals surface area (Å²) in [6.45, 7) is 2.18. The van der Waals surface area contributed by atoms with Crippen molar-refractivity contribution in [1.29, 1.82) is 0 Å². The van der Waals surface area contributed by atoms with Gasteiger partial charge in [-0.3, -0.25) is 10.1 Å². The maximum atomic E-state index is 12.1. The first kappa shape index (κ1) is 11.9. The summed E-state index contributed by atoms with van der Waals surface area (Å²) in [5, 5.41) is 6.17. The molecule has 4 nitrogen and oxygen atoms in total. The highest BCUT2D eigenvalue weighted by Crippen LogP contribution is 2.42. The number of aromatic nitrogens is 1. The lowest BCUT2D eigenvalue weighted by atomic mass is 9.73. The van der Waals surface area contributed by atoms with Crippen LogP contribution in [0.25, 0.3) is 0 Å². The number of halogens is 1. The van der Waals surface area contributed by atoms with Crippen LogP contribution in [0.1, 0.15) is 13.3 Å². The number of hydrogen-bond donors (Lipinski definition) is 2. The van der Waals surface area contributed by atoms with E-state index >= 15 is 0 Å². The van der Waals surface area contributed by atoms with Gasteiger partial charge in [0.15, 0.2) is 0 Å². The Kier molecular flexibility index (Phi) is 2.75. The molecule has 2 N–H and O–H groups in total. The fourth-order valence-electron chi connectivity index (χ4n) is 2.54. The van der Waals surface area contributed by atoms with E-state index < -0.39 is 0 Å². The van der Waals surface area contributed by atoms with E-state index in [1.54, 1.807) is 6.07 Å². The Labute approximate surface area is 114 Å². The highest BCUT2D eigenvalue weighted by Gasteiger charge is 2.47. The van der Waals surface area contributed by atoms with Crippen LogP contribution < -0.4 is 10.6 Å². The molecule has 1 aliphatic heterocycles. The van der Waals surface area contributed by atoms with Crippen molar-refractivity contribution in [3.05, 3.63) is 35.0 Å². The van der Waals surface area contributed by atoms with Crippen LogP contribution in [0.2, 0.25) is 0 Å². The monoisotopic (exact) mass is 307 g/mol. The second-order valence-electron chi connectivity index (χ2n) is 5.10. The molecule has 0 bridgehead atoms. The zero-order valence-corrected chi connectivity index (χ0v) is 11.6. The summed E-state index contributed by atoms with van der Waals surface area (Å²) in [4.78, 5) is 16.3. The number of hydrogen-bond acceptors (Lipinski definition) is 3. The van der Waals surface area contributed by atoms with Gasteiger partial charge in [-0.05, 0) is 34.5 Å². The van der Waals surface area contributed by atoms with E-state index in [1.807, 2.05) is 12.1 Å². The summed E-state index contributed by atoms with van der Waals surface area (Å²) in [5.41, 5.74) is 0.146. The Morgan fingerprint density at radius 3 is 3.00 bits per heavy atom. The summed E-state index contributed by atoms with van der Waals surface area (Å²) in [7, 11) is 0. The summed E-state index contributed by atoms with van der Waals surface area (Å²) in [6, 6.07) is 5.65. The number of nitrogens with zero attached hydrogens (tertiary/aromatic N) is 1. The Bertz CT molecular complexity index is 531. The average Bonchev–Trinajstić information content (AvgIpc) is 2.54. The molecule has 0 spiro atoms. The molecule has 3 rings (SSSR count). The van der Waals surface area contributed by atoms with Crippen LogP contribution >= 0.6 is 15.9 Å². The molecule has 1 aliphatic carbocycles. The molecule has 1 saturated heterocycles. The highest BCUT2D eigenvalue weighted by atomic mass is 79.9. The van der Waals surface area contributed by atoms with E-state index in [9.17, 15) is 4.79 Å². The third-order valence-electron chi connectivity index (χ3n) is 3.69. The lowest BCUT2D eigenvalue weighted by Crippen LogP contribution is -2.41. The van der Waals surface area contributed by atoms with Gasteiger partial charge in [0, 0.05) is 11.5 Å². The van der Waals surface area contributed by atoms with Crippen molar-refractivity contribution in [3.63, 3.8) is 0 Å². The number of rotatable bonds is 2. The van der Waals surface area contributed by atoms with E-state index in [1.165, 1.54) is 0 Å². The number of fused-ring (bicyclic) bond motifs is 1. The van der Waals surface area contributed by atoms with Gasteiger partial charge in [-0.25, -0.2) is 4.98 Å². The molecule has 1 fully saturated rings. The quantitative estimate of drug-likeness (QED) is 0.650. The number of carbonyl (C=O) groups excluding carboxylic acids is 1. The molecular formula is C13H14BrN3O. The van der Waals surface area contributed by atoms with E-state index in [0.29, 0.717) is 16.5 Å². The van der Waals surface area contributed by atoms with Gasteiger partial charge in [0.05, 0.1) is 6.04 Å². The van der Waals surface area contributed by atoms with E-state index in [-0.39, 0.29) is 17.4 Å². The van der Waals surface area contributed by atoms with E-state index in [0.717, 1.165) is 6.42 Å². The number of nitrogens with one attached hydrogen (secondary N) is 2. The Morgan fingerprint density at radius 1 is 1.61 bits per heavy atom. The van der Waals surface area contributed by atoms with Crippen molar-refractivity contribution in [1.82, 2.24) is 10.3 Å². The molecule has 5 heteroatoms. The van der Waals surface area contributed by atoms with Crippen LogP contribution in [0.3, 0.4) is 0 Å². The molecule has 2 heterocycles. The molecule has 3 atom stereocenters. The van der Waals surface area contributed by atoms with Crippen LogP contribution in [0.4, 0.5) is 5.82 Å². The minimum Gasteiger partial charge on any atom is -0.309 e. The number of pyridine rings is 1. The number of carbonyl (C=O) groups is 1. The summed E-state index contributed by atoms with van der Waals surface area (Å²) < 4.78 is 0.716. The van der Waals surface area contributed by atoms with Crippen molar-refractivity contribution in [2.24, 2.45) is 5.41 Å². The maximum absolute atomic E-state index is 12.1. The molecular weight excluding hydrogens is 294 g/mol. The molecule has 0 radical (unpaired) electrons. The fourth-order valence-corrected chi connectivity index (χ4v) is 2.88. The van der Waals surface area contributed by atoms with E-state index in [4.69, 9.17) is 0 Å². The average molecular weight is 308 g/mol. The molecule has 1 aromatic rings. The van der Waals surface area contributed by atoms with Gasteiger partial charge in [0.2, 0.25) is 5.91 Å². The van der Waals surface area contributed by atoms with Gasteiger partial charge in [-0.2, -0.15) is 0 Å². The van der Waals surface area contributed by atoms with Gasteiger partial charge in [0.25, 0.3) is 0 Å². The number of amides is 1. The maximum Gasteiger partial charge on any atom is 0.242 e. The van der Waals surface area contributed by atoms with Crippen molar-refractivity contribution >= 4 is 27.7 Å². The molecule has 0 saturated carbocycles. The van der Waals surface area contributed by atoms with Crippen LogP contribution in [-0.4, -0.2) is 23.0 Å².